The van der Waals surface area contributed by atoms with E-state index < -0.39 is 358 Å². The zero-order chi connectivity index (χ0) is 72.9. The molecule has 0 amide bonds. The van der Waals surface area contributed by atoms with Gasteiger partial charge in [-0.2, -0.15) is 0 Å². The molecule has 0 saturated carbocycles. The first-order chi connectivity index (χ1) is 47.5. The van der Waals surface area contributed by atoms with Gasteiger partial charge in [0, 0.05) is 44.6 Å². The summed E-state index contributed by atoms with van der Waals surface area (Å²) in [5.74, 6) is -6.47. The number of hydrogen-bond donors (Lipinski definition) is 0. The van der Waals surface area contributed by atoms with Crippen molar-refractivity contribution in [2.24, 2.45) is 0 Å². The molecule has 0 bridgehead atoms. The van der Waals surface area contributed by atoms with Gasteiger partial charge in [0.05, 0.1) is 89.8 Å². The first kappa shape index (κ1) is 17.4. The van der Waals surface area contributed by atoms with E-state index in [1.807, 2.05) is 0 Å². The minimum absolute atomic E-state index is 0.435. The second kappa shape index (κ2) is 13.4. The monoisotopic (exact) mass is 901 g/mol. The Morgan fingerprint density at radius 3 is 1.07 bits per heavy atom. The maximum Gasteiger partial charge on any atom is 0.260 e. The van der Waals surface area contributed by atoms with Crippen LogP contribution < -0.4 is 51.7 Å². The highest BCUT2D eigenvalue weighted by Gasteiger charge is 2.47. The molecule has 0 N–H and O–H groups in total. The summed E-state index contributed by atoms with van der Waals surface area (Å²) in [6.07, 6.45) is 0. The van der Waals surface area contributed by atoms with E-state index in [9.17, 15) is 28.8 Å². The molecule has 0 spiro atoms. The lowest BCUT2D eigenvalue weighted by Gasteiger charge is -2.37. The third kappa shape index (κ3) is 4.73. The molecular formula is C60H34B2N2O4. The van der Waals surface area contributed by atoms with Crippen LogP contribution in [0.15, 0.2) is 205 Å². The van der Waals surface area contributed by atoms with Crippen molar-refractivity contribution in [3.05, 3.63) is 205 Å². The smallest absolute Gasteiger partial charge is 0.260 e. The van der Waals surface area contributed by atoms with Crippen molar-refractivity contribution in [2.75, 3.05) is 0 Å². The normalized spacial score (nSPS) is 20.2. The molecule has 314 valence electrons. The van der Waals surface area contributed by atoms with Gasteiger partial charge >= 0.3 is 0 Å². The minimum atomic E-state index is -2.06. The lowest BCUT2D eigenvalue weighted by molar-refractivity contribution is 0.460. The van der Waals surface area contributed by atoms with Crippen LogP contribution in [0.1, 0.15) is 45.2 Å². The summed E-state index contributed by atoms with van der Waals surface area (Å²) in [4.78, 5) is 0. The van der Waals surface area contributed by atoms with Crippen molar-refractivity contribution < 1.29 is 64.2 Å². The van der Waals surface area contributed by atoms with E-state index in [-0.39, 0.29) is 0 Å². The third-order valence-corrected chi connectivity index (χ3v) is 12.5. The number of fused-ring (bicyclic) bond motifs is 14. The number of para-hydroxylation sites is 8. The molecule has 0 unspecified atom stereocenters. The maximum absolute atomic E-state index is 11.0. The Kier molecular flexibility index (Phi) is 3.42. The van der Waals surface area contributed by atoms with Gasteiger partial charge < -0.3 is 28.1 Å². The van der Waals surface area contributed by atoms with Crippen LogP contribution in [0.4, 0.5) is 0 Å². The van der Waals surface area contributed by atoms with Gasteiger partial charge in [0.15, 0.2) is 0 Å². The van der Waals surface area contributed by atoms with Crippen LogP contribution in [0.5, 0.6) is 46.0 Å². The molecule has 0 fully saturated rings. The molecular weight excluding hydrogens is 834 g/mol. The summed E-state index contributed by atoms with van der Waals surface area (Å²) in [5.41, 5.74) is -10.4. The first-order valence-corrected chi connectivity index (χ1v) is 20.5. The van der Waals surface area contributed by atoms with Crippen LogP contribution in [0.25, 0.3) is 66.1 Å². The molecule has 16 rings (SSSR count). The molecule has 6 nitrogen and oxygen atoms in total. The van der Waals surface area contributed by atoms with Gasteiger partial charge in [-0.1, -0.05) is 145 Å². The minimum Gasteiger partial charge on any atom is -0.458 e. The Morgan fingerprint density at radius 2 is 0.647 bits per heavy atom. The molecule has 8 heteroatoms. The summed E-state index contributed by atoms with van der Waals surface area (Å²) in [6.45, 7) is -4.03. The Labute approximate surface area is 437 Å². The van der Waals surface area contributed by atoms with E-state index in [4.69, 9.17) is 35.4 Å². The van der Waals surface area contributed by atoms with Crippen LogP contribution in [-0.4, -0.2) is 22.6 Å². The average molecular weight is 902 g/mol. The molecule has 68 heavy (non-hydrogen) atoms. The Morgan fingerprint density at radius 1 is 0.324 bits per heavy atom. The molecule has 12 aromatic rings. The Balaban J connectivity index is 1.28. The predicted molar refractivity (Wildman–Crippen MR) is 276 cm³/mol. The number of nitrogens with zero attached hydrogens (tertiary/aromatic N) is 2. The second-order valence-electron chi connectivity index (χ2n) is 15.7. The maximum atomic E-state index is 11.0. The number of rotatable bonds is 3. The predicted octanol–water partition coefficient (Wildman–Crippen LogP) is 11.0. The van der Waals surface area contributed by atoms with Gasteiger partial charge in [0.2, 0.25) is 0 Å². The Bertz CT molecular complexity index is 6000. The van der Waals surface area contributed by atoms with Crippen molar-refractivity contribution in [1.82, 2.24) is 9.13 Å². The SMILES string of the molecule is [2H]c1cc2c(c([2H])c1[2H])B1c3c([2H])c([2H])c([2H])c([2H])c3Oc3c([2H])c(-n4c5c([2H])c([2H])c([2H])c([2H])c5c5c([2H])c([2H])c([2H])c([2H])c54)c(-c4c5c6c(c([2H])c4-n4c7c([2H])c([2H])c([2H])c([2H])c7c7c([2H])c([2H])c([2H])c([2H])c74)Oc4c([2H])c([2H])c([2H])c([2H])c4B6c4c([2H])c([2H])c([2H])c([2H])c4O5)c(c31)O2. The van der Waals surface area contributed by atoms with Crippen molar-refractivity contribution in [1.29, 1.82) is 0 Å². The first-order valence-electron chi connectivity index (χ1n) is 37.0. The fourth-order valence-corrected chi connectivity index (χ4v) is 9.86. The van der Waals surface area contributed by atoms with Crippen molar-refractivity contribution in [3.8, 4) is 68.5 Å². The summed E-state index contributed by atoms with van der Waals surface area (Å²) in [5, 5.41) is -2.67. The molecule has 0 aliphatic carbocycles. The van der Waals surface area contributed by atoms with Crippen LogP contribution in [0.2, 0.25) is 0 Å². The third-order valence-electron chi connectivity index (χ3n) is 12.5. The quantitative estimate of drug-likeness (QED) is 0.166. The van der Waals surface area contributed by atoms with E-state index in [0.29, 0.717) is 0 Å². The fourth-order valence-electron chi connectivity index (χ4n) is 9.86. The summed E-state index contributed by atoms with van der Waals surface area (Å²) >= 11 is 0. The van der Waals surface area contributed by atoms with E-state index in [1.165, 1.54) is 0 Å². The van der Waals surface area contributed by atoms with Gasteiger partial charge in [-0.05, 0) is 70.2 Å². The summed E-state index contributed by atoms with van der Waals surface area (Å²) in [6, 6.07) is -31.0. The number of ether oxygens (including phenoxy) is 4. The summed E-state index contributed by atoms with van der Waals surface area (Å²) < 4.78 is 341. The lowest BCUT2D eigenvalue weighted by atomic mass is 9.34. The van der Waals surface area contributed by atoms with E-state index in [0.717, 1.165) is 15.2 Å². The molecule has 2 aromatic heterocycles. The van der Waals surface area contributed by atoms with Crippen molar-refractivity contribution in [2.45, 2.75) is 0 Å². The molecule has 0 radical (unpaired) electrons. The fraction of sp³-hybridized carbons (Fsp3) is 0. The largest absolute Gasteiger partial charge is 0.458 e. The van der Waals surface area contributed by atoms with Crippen LogP contribution in [0, 0.1) is 0 Å². The zero-order valence-electron chi connectivity index (χ0n) is 66.8. The van der Waals surface area contributed by atoms with Gasteiger partial charge in [-0.15, -0.1) is 0 Å². The van der Waals surface area contributed by atoms with Crippen LogP contribution in [0.3, 0.4) is 0 Å². The van der Waals surface area contributed by atoms with Crippen LogP contribution in [-0.2, 0) is 0 Å². The number of hydrogen-bond acceptors (Lipinski definition) is 4. The summed E-state index contributed by atoms with van der Waals surface area (Å²) in [7, 11) is 0. The number of benzene rings is 10. The Hall–Kier alpha value is -8.87. The molecule has 10 aromatic carbocycles. The van der Waals surface area contributed by atoms with Gasteiger partial charge in [-0.25, -0.2) is 0 Å². The van der Waals surface area contributed by atoms with E-state index in [2.05, 4.69) is 0 Å². The van der Waals surface area contributed by atoms with Gasteiger partial charge in [0.1, 0.15) is 46.0 Å². The highest BCUT2D eigenvalue weighted by atomic mass is 16.5. The standard InChI is InChI=1S/C60H34B2N2O4/c1-9-25-43-35(17-1)36-18-2-10-26-44(36)63(43)47-33-53-57-59(67-51-31-15-7-23-41(51)61(57)39-21-5-13-29-49(39)65-53)55(47)56-48(64-45-27-11-3-19-37(45)38-20-4-12-28-46(38)64)34-54-58-60(56)68-52-32-16-8-24-42(52)62(58)40-22-6-14-30-50(40)66-54/h1-34H/i1D,2D,3D,4D,5D,6D,7D,8D,9D,10D,11D,12D,13D,14D,15D,16D,17D,18D,19D,20D,21D,22D,23D,24D,25D,26D,27D,28D,29D,30D,31D,33D,34D. The topological polar surface area (TPSA) is 46.8 Å². The molecule has 4 aliphatic heterocycles. The van der Waals surface area contributed by atoms with Gasteiger partial charge in [0.25, 0.3) is 13.4 Å². The highest BCUT2D eigenvalue weighted by Crippen LogP contribution is 2.54. The number of aromatic nitrogens is 2. The second-order valence-corrected chi connectivity index (χ2v) is 15.7. The molecule has 6 heterocycles. The molecule has 0 atom stereocenters. The van der Waals surface area contributed by atoms with Crippen molar-refractivity contribution in [3.63, 3.8) is 0 Å². The van der Waals surface area contributed by atoms with Gasteiger partial charge in [-0.3, -0.25) is 0 Å². The lowest BCUT2D eigenvalue weighted by Crippen LogP contribution is -2.58. The zero-order valence-corrected chi connectivity index (χ0v) is 33.8. The average Bonchev–Trinajstić information content (AvgIpc) is 1.65. The van der Waals surface area contributed by atoms with Crippen LogP contribution >= 0.6 is 0 Å². The van der Waals surface area contributed by atoms with E-state index in [1.54, 1.807) is 0 Å². The molecule has 0 saturated heterocycles. The van der Waals surface area contributed by atoms with Crippen molar-refractivity contribution >= 4 is 89.8 Å². The molecule has 4 aliphatic rings. The highest BCUT2D eigenvalue weighted by molar-refractivity contribution is 6.99. The van der Waals surface area contributed by atoms with E-state index >= 15 is 0 Å².